The zero-order chi connectivity index (χ0) is 17.5. The number of hydrogen-bond donors (Lipinski definition) is 0. The summed E-state index contributed by atoms with van der Waals surface area (Å²) in [4.78, 5) is 26.8. The molecule has 1 amide bonds. The fourth-order valence-electron chi connectivity index (χ4n) is 3.55. The number of benzene rings is 1. The Morgan fingerprint density at radius 3 is 2.17 bits per heavy atom. The minimum Gasteiger partial charge on any atom is -0.444 e. The molecule has 0 aromatic heterocycles. The molecule has 1 aromatic carbocycles. The summed E-state index contributed by atoms with van der Waals surface area (Å²) in [5.74, 6) is 0. The van der Waals surface area contributed by atoms with Gasteiger partial charge in [0.05, 0.1) is 4.92 Å². The van der Waals surface area contributed by atoms with Crippen molar-refractivity contribution in [1.82, 2.24) is 4.90 Å². The molecule has 2 bridgehead atoms. The number of nitro groups is 1. The second kappa shape index (κ2) is 5.96. The molecule has 7 heteroatoms. The first-order valence-electron chi connectivity index (χ1n) is 8.25. The van der Waals surface area contributed by atoms with Crippen molar-refractivity contribution >= 4 is 17.5 Å². The number of carbonyl (C=O) groups excluding carboxylic acids is 1. The van der Waals surface area contributed by atoms with E-state index in [-0.39, 0.29) is 23.9 Å². The van der Waals surface area contributed by atoms with E-state index in [0.717, 1.165) is 18.5 Å². The van der Waals surface area contributed by atoms with Crippen LogP contribution in [0.15, 0.2) is 24.3 Å². The number of non-ortho nitro benzene ring substituents is 1. The van der Waals surface area contributed by atoms with Crippen molar-refractivity contribution < 1.29 is 14.5 Å². The first-order valence-corrected chi connectivity index (χ1v) is 8.25. The molecule has 130 valence electrons. The zero-order valence-corrected chi connectivity index (χ0v) is 14.3. The lowest BCUT2D eigenvalue weighted by Crippen LogP contribution is -2.56. The van der Waals surface area contributed by atoms with Crippen molar-refractivity contribution in [3.05, 3.63) is 34.4 Å². The van der Waals surface area contributed by atoms with Gasteiger partial charge in [-0.2, -0.15) is 0 Å². The van der Waals surface area contributed by atoms with Crippen LogP contribution in [0.25, 0.3) is 0 Å². The van der Waals surface area contributed by atoms with Crippen LogP contribution < -0.4 is 4.90 Å². The average molecular weight is 333 g/mol. The second-order valence-corrected chi connectivity index (χ2v) is 7.45. The molecule has 0 saturated carbocycles. The fraction of sp³-hybridized carbons (Fsp3) is 0.588. The second-order valence-electron chi connectivity index (χ2n) is 7.45. The first kappa shape index (κ1) is 16.5. The third-order valence-electron chi connectivity index (χ3n) is 4.49. The van der Waals surface area contributed by atoms with Crippen LogP contribution in [0.1, 0.15) is 33.6 Å². The number of hydrogen-bond acceptors (Lipinski definition) is 5. The van der Waals surface area contributed by atoms with E-state index in [1.54, 1.807) is 17.0 Å². The summed E-state index contributed by atoms with van der Waals surface area (Å²) in [6, 6.07) is 7.14. The molecule has 2 atom stereocenters. The Morgan fingerprint density at radius 2 is 1.71 bits per heavy atom. The molecular weight excluding hydrogens is 310 g/mol. The molecule has 24 heavy (non-hydrogen) atoms. The predicted octanol–water partition coefficient (Wildman–Crippen LogP) is 3.18. The number of likely N-dealkylation sites (tertiary alicyclic amines) is 1. The van der Waals surface area contributed by atoms with Crippen molar-refractivity contribution in [1.29, 1.82) is 0 Å². The Kier molecular flexibility index (Phi) is 4.11. The Hall–Kier alpha value is -2.31. The molecule has 2 aliphatic heterocycles. The molecule has 2 unspecified atom stereocenters. The molecule has 2 aliphatic rings. The fourth-order valence-corrected chi connectivity index (χ4v) is 3.55. The number of fused-ring (bicyclic) bond motifs is 2. The topological polar surface area (TPSA) is 75.9 Å². The summed E-state index contributed by atoms with van der Waals surface area (Å²) in [7, 11) is 0. The number of nitrogens with zero attached hydrogens (tertiary/aromatic N) is 3. The zero-order valence-electron chi connectivity index (χ0n) is 14.3. The monoisotopic (exact) mass is 333 g/mol. The maximum absolute atomic E-state index is 12.3. The SMILES string of the molecule is CC(C)(C)OC(=O)N1CC2CCC(C1)N2c1ccc([N+](=O)[O-])cc1. The van der Waals surface area contributed by atoms with Gasteiger partial charge >= 0.3 is 6.09 Å². The van der Waals surface area contributed by atoms with Crippen LogP contribution >= 0.6 is 0 Å². The van der Waals surface area contributed by atoms with Gasteiger partial charge in [0.25, 0.3) is 5.69 Å². The van der Waals surface area contributed by atoms with Gasteiger partial charge in [-0.25, -0.2) is 4.79 Å². The molecule has 1 aromatic rings. The predicted molar refractivity (Wildman–Crippen MR) is 90.2 cm³/mol. The van der Waals surface area contributed by atoms with E-state index < -0.39 is 10.5 Å². The first-order chi connectivity index (χ1) is 11.2. The highest BCUT2D eigenvalue weighted by atomic mass is 16.6. The van der Waals surface area contributed by atoms with Crippen LogP contribution in [0, 0.1) is 10.1 Å². The highest BCUT2D eigenvalue weighted by Crippen LogP contribution is 2.35. The highest BCUT2D eigenvalue weighted by Gasteiger charge is 2.42. The molecular formula is C17H23N3O4. The summed E-state index contributed by atoms with van der Waals surface area (Å²) in [5, 5.41) is 10.8. The van der Waals surface area contributed by atoms with Crippen LogP contribution in [-0.4, -0.2) is 46.7 Å². The minimum absolute atomic E-state index is 0.0958. The Bertz CT molecular complexity index is 624. The van der Waals surface area contributed by atoms with Gasteiger partial charge in [0.15, 0.2) is 0 Å². The van der Waals surface area contributed by atoms with Crippen LogP contribution in [-0.2, 0) is 4.74 Å². The van der Waals surface area contributed by atoms with Crippen molar-refractivity contribution in [3.63, 3.8) is 0 Å². The molecule has 0 radical (unpaired) electrons. The third-order valence-corrected chi connectivity index (χ3v) is 4.49. The average Bonchev–Trinajstić information content (AvgIpc) is 2.75. The highest BCUT2D eigenvalue weighted by molar-refractivity contribution is 5.69. The molecule has 3 rings (SSSR count). The van der Waals surface area contributed by atoms with Gasteiger partial charge in [-0.3, -0.25) is 10.1 Å². The van der Waals surface area contributed by atoms with E-state index in [2.05, 4.69) is 4.90 Å². The third kappa shape index (κ3) is 3.29. The number of carbonyl (C=O) groups is 1. The summed E-state index contributed by atoms with van der Waals surface area (Å²) in [6.07, 6.45) is 1.77. The molecule has 0 spiro atoms. The maximum Gasteiger partial charge on any atom is 0.410 e. The molecule has 2 saturated heterocycles. The van der Waals surface area contributed by atoms with Crippen LogP contribution in [0.2, 0.25) is 0 Å². The smallest absolute Gasteiger partial charge is 0.410 e. The maximum atomic E-state index is 12.3. The van der Waals surface area contributed by atoms with Crippen molar-refractivity contribution in [2.45, 2.75) is 51.3 Å². The Morgan fingerprint density at radius 1 is 1.17 bits per heavy atom. The summed E-state index contributed by atoms with van der Waals surface area (Å²) >= 11 is 0. The quantitative estimate of drug-likeness (QED) is 0.614. The largest absolute Gasteiger partial charge is 0.444 e. The summed E-state index contributed by atoms with van der Waals surface area (Å²) < 4.78 is 5.48. The number of amides is 1. The molecule has 7 nitrogen and oxygen atoms in total. The molecule has 0 aliphatic carbocycles. The Labute approximate surface area is 141 Å². The van der Waals surface area contributed by atoms with E-state index in [1.165, 1.54) is 12.1 Å². The number of piperazine rings is 1. The van der Waals surface area contributed by atoms with Crippen LogP contribution in [0.5, 0.6) is 0 Å². The van der Waals surface area contributed by atoms with E-state index in [1.807, 2.05) is 20.8 Å². The summed E-state index contributed by atoms with van der Waals surface area (Å²) in [6.45, 7) is 6.86. The van der Waals surface area contributed by atoms with Crippen molar-refractivity contribution in [3.8, 4) is 0 Å². The standard InChI is InChI=1S/C17H23N3O4/c1-17(2,3)24-16(21)18-10-14-8-9-15(11-18)19(14)12-4-6-13(7-5-12)20(22)23/h4-7,14-15H,8-11H2,1-3H3. The van der Waals surface area contributed by atoms with E-state index >= 15 is 0 Å². The lowest BCUT2D eigenvalue weighted by Gasteiger charge is -2.42. The number of nitro benzene ring substituents is 1. The van der Waals surface area contributed by atoms with E-state index in [0.29, 0.717) is 13.1 Å². The molecule has 2 heterocycles. The molecule has 0 N–H and O–H groups in total. The Balaban J connectivity index is 1.72. The number of anilines is 1. The van der Waals surface area contributed by atoms with Gasteiger partial charge in [0, 0.05) is 43.0 Å². The number of rotatable bonds is 2. The van der Waals surface area contributed by atoms with E-state index in [9.17, 15) is 14.9 Å². The van der Waals surface area contributed by atoms with Gasteiger partial charge in [-0.05, 0) is 45.7 Å². The van der Waals surface area contributed by atoms with Gasteiger partial charge in [0.1, 0.15) is 5.60 Å². The number of ether oxygens (including phenoxy) is 1. The normalized spacial score (nSPS) is 23.3. The lowest BCUT2D eigenvalue weighted by atomic mass is 10.1. The van der Waals surface area contributed by atoms with Gasteiger partial charge in [-0.1, -0.05) is 0 Å². The van der Waals surface area contributed by atoms with Crippen LogP contribution in [0.3, 0.4) is 0 Å². The molecule has 2 fully saturated rings. The van der Waals surface area contributed by atoms with Crippen molar-refractivity contribution in [2.24, 2.45) is 0 Å². The summed E-state index contributed by atoms with van der Waals surface area (Å²) in [5.41, 5.74) is 0.585. The lowest BCUT2D eigenvalue weighted by molar-refractivity contribution is -0.384. The minimum atomic E-state index is -0.494. The van der Waals surface area contributed by atoms with Crippen molar-refractivity contribution in [2.75, 3.05) is 18.0 Å². The van der Waals surface area contributed by atoms with Gasteiger partial charge < -0.3 is 14.5 Å². The van der Waals surface area contributed by atoms with E-state index in [4.69, 9.17) is 4.74 Å². The van der Waals surface area contributed by atoms with Gasteiger partial charge in [0.2, 0.25) is 0 Å². The van der Waals surface area contributed by atoms with Gasteiger partial charge in [-0.15, -0.1) is 0 Å². The van der Waals surface area contributed by atoms with Crippen LogP contribution in [0.4, 0.5) is 16.2 Å².